The Morgan fingerprint density at radius 1 is 1.08 bits per heavy atom. The molecule has 0 atom stereocenters. The second-order valence-corrected chi connectivity index (χ2v) is 9.69. The van der Waals surface area contributed by atoms with Crippen LogP contribution in [-0.4, -0.2) is 59.9 Å². The fraction of sp³-hybridized carbons (Fsp3) is 0.500. The third kappa shape index (κ3) is 4.36. The van der Waals surface area contributed by atoms with Crippen LogP contribution >= 0.6 is 15.9 Å². The molecule has 1 aliphatic heterocycles. The summed E-state index contributed by atoms with van der Waals surface area (Å²) in [6.07, 6.45) is 3.86. The van der Waals surface area contributed by atoms with Crippen molar-refractivity contribution in [2.24, 2.45) is 0 Å². The van der Waals surface area contributed by atoms with Crippen molar-refractivity contribution in [2.75, 3.05) is 32.7 Å². The van der Waals surface area contributed by atoms with Gasteiger partial charge >= 0.3 is 0 Å². The molecule has 2 aromatic rings. The molecule has 0 radical (unpaired) electrons. The lowest BCUT2D eigenvalue weighted by atomic mass is 10.2. The third-order valence-corrected chi connectivity index (χ3v) is 7.15. The Labute approximate surface area is 164 Å². The average Bonchev–Trinajstić information content (AvgIpc) is 3.09. The SMILES string of the molecule is CC(C)c1nccn1CCN1CCN(S(=O)(=O)c2ccc(Br)cc2)CC1. The van der Waals surface area contributed by atoms with Crippen LogP contribution in [0.3, 0.4) is 0 Å². The van der Waals surface area contributed by atoms with Gasteiger partial charge in [0, 0.05) is 62.1 Å². The second kappa shape index (κ2) is 8.21. The van der Waals surface area contributed by atoms with Crippen molar-refractivity contribution in [3.8, 4) is 0 Å². The van der Waals surface area contributed by atoms with E-state index in [4.69, 9.17) is 0 Å². The third-order valence-electron chi connectivity index (χ3n) is 4.70. The number of nitrogens with zero attached hydrogens (tertiary/aromatic N) is 4. The van der Waals surface area contributed by atoms with E-state index in [0.717, 1.165) is 36.5 Å². The number of hydrogen-bond donors (Lipinski definition) is 0. The largest absolute Gasteiger partial charge is 0.333 e. The lowest BCUT2D eigenvalue weighted by Gasteiger charge is -2.34. The Kier molecular flexibility index (Phi) is 6.17. The van der Waals surface area contributed by atoms with Crippen LogP contribution in [0.25, 0.3) is 0 Å². The molecule has 0 amide bonds. The maximum absolute atomic E-state index is 12.7. The molecule has 1 aromatic carbocycles. The fourth-order valence-corrected chi connectivity index (χ4v) is 4.90. The summed E-state index contributed by atoms with van der Waals surface area (Å²) < 4.78 is 30.2. The topological polar surface area (TPSA) is 58.4 Å². The first kappa shape index (κ1) is 19.5. The lowest BCUT2D eigenvalue weighted by molar-refractivity contribution is 0.182. The summed E-state index contributed by atoms with van der Waals surface area (Å²) in [6, 6.07) is 6.83. The molecule has 0 aliphatic carbocycles. The van der Waals surface area contributed by atoms with Crippen molar-refractivity contribution in [1.82, 2.24) is 18.8 Å². The summed E-state index contributed by atoms with van der Waals surface area (Å²) in [5, 5.41) is 0. The monoisotopic (exact) mass is 440 g/mol. The minimum absolute atomic E-state index is 0.356. The Balaban J connectivity index is 1.55. The van der Waals surface area contributed by atoms with Gasteiger partial charge in [0.25, 0.3) is 0 Å². The number of imidazole rings is 1. The van der Waals surface area contributed by atoms with Crippen LogP contribution in [0, 0.1) is 0 Å². The van der Waals surface area contributed by atoms with E-state index in [2.05, 4.69) is 44.2 Å². The first-order valence-corrected chi connectivity index (χ1v) is 11.1. The summed E-state index contributed by atoms with van der Waals surface area (Å²) in [7, 11) is -3.41. The predicted molar refractivity (Wildman–Crippen MR) is 106 cm³/mol. The first-order valence-electron chi connectivity index (χ1n) is 8.87. The summed E-state index contributed by atoms with van der Waals surface area (Å²) in [6.45, 7) is 8.63. The highest BCUT2D eigenvalue weighted by molar-refractivity contribution is 9.10. The van der Waals surface area contributed by atoms with E-state index in [-0.39, 0.29) is 0 Å². The number of benzene rings is 1. The molecule has 0 spiro atoms. The maximum Gasteiger partial charge on any atom is 0.243 e. The lowest BCUT2D eigenvalue weighted by Crippen LogP contribution is -2.49. The zero-order valence-electron chi connectivity index (χ0n) is 15.2. The van der Waals surface area contributed by atoms with Crippen LogP contribution in [0.15, 0.2) is 46.0 Å². The van der Waals surface area contributed by atoms with E-state index in [1.54, 1.807) is 28.6 Å². The highest BCUT2D eigenvalue weighted by Crippen LogP contribution is 2.20. The molecule has 3 rings (SSSR count). The molecule has 0 saturated carbocycles. The van der Waals surface area contributed by atoms with Gasteiger partial charge in [0.1, 0.15) is 5.82 Å². The predicted octanol–water partition coefficient (Wildman–Crippen LogP) is 2.78. The number of piperazine rings is 1. The van der Waals surface area contributed by atoms with E-state index >= 15 is 0 Å². The molecular weight excluding hydrogens is 416 g/mol. The van der Waals surface area contributed by atoms with Crippen LogP contribution in [-0.2, 0) is 16.6 Å². The highest BCUT2D eigenvalue weighted by Gasteiger charge is 2.28. The quantitative estimate of drug-likeness (QED) is 0.692. The summed E-state index contributed by atoms with van der Waals surface area (Å²) >= 11 is 3.34. The van der Waals surface area contributed by atoms with Crippen molar-refractivity contribution in [3.05, 3.63) is 47.0 Å². The van der Waals surface area contributed by atoms with Crippen molar-refractivity contribution < 1.29 is 8.42 Å². The number of sulfonamides is 1. The molecule has 1 aromatic heterocycles. The highest BCUT2D eigenvalue weighted by atomic mass is 79.9. The van der Waals surface area contributed by atoms with Crippen molar-refractivity contribution in [2.45, 2.75) is 31.2 Å². The molecule has 1 fully saturated rings. The van der Waals surface area contributed by atoms with Crippen LogP contribution in [0.4, 0.5) is 0 Å². The smallest absolute Gasteiger partial charge is 0.243 e. The van der Waals surface area contributed by atoms with Gasteiger partial charge < -0.3 is 4.57 Å². The zero-order valence-corrected chi connectivity index (χ0v) is 17.6. The molecular formula is C18H25BrN4O2S. The number of halogens is 1. The van der Waals surface area contributed by atoms with Crippen molar-refractivity contribution in [3.63, 3.8) is 0 Å². The van der Waals surface area contributed by atoms with E-state index in [9.17, 15) is 8.42 Å². The van der Waals surface area contributed by atoms with Gasteiger partial charge in [-0.1, -0.05) is 29.8 Å². The van der Waals surface area contributed by atoms with Crippen LogP contribution in [0.2, 0.25) is 0 Å². The zero-order chi connectivity index (χ0) is 18.7. The summed E-state index contributed by atoms with van der Waals surface area (Å²) in [5.41, 5.74) is 0. The normalized spacial score (nSPS) is 17.1. The van der Waals surface area contributed by atoms with Gasteiger partial charge in [-0.2, -0.15) is 4.31 Å². The molecule has 1 saturated heterocycles. The molecule has 0 unspecified atom stereocenters. The van der Waals surface area contributed by atoms with Gasteiger partial charge in [0.05, 0.1) is 4.90 Å². The molecule has 2 heterocycles. The average molecular weight is 441 g/mol. The van der Waals surface area contributed by atoms with Gasteiger partial charge in [-0.3, -0.25) is 4.90 Å². The van der Waals surface area contributed by atoms with Gasteiger partial charge in [0.2, 0.25) is 10.0 Å². The molecule has 0 bridgehead atoms. The molecule has 8 heteroatoms. The van der Waals surface area contributed by atoms with Crippen molar-refractivity contribution in [1.29, 1.82) is 0 Å². The van der Waals surface area contributed by atoms with E-state index in [1.807, 2.05) is 12.4 Å². The van der Waals surface area contributed by atoms with Gasteiger partial charge in [0.15, 0.2) is 0 Å². The van der Waals surface area contributed by atoms with E-state index < -0.39 is 10.0 Å². The Hall–Kier alpha value is -1.22. The summed E-state index contributed by atoms with van der Waals surface area (Å²) in [4.78, 5) is 7.09. The molecule has 6 nitrogen and oxygen atoms in total. The number of hydrogen-bond acceptors (Lipinski definition) is 4. The maximum atomic E-state index is 12.7. The second-order valence-electron chi connectivity index (χ2n) is 6.83. The molecule has 1 aliphatic rings. The Bertz CT molecular complexity index is 825. The van der Waals surface area contributed by atoms with Gasteiger partial charge in [-0.25, -0.2) is 13.4 Å². The molecule has 26 heavy (non-hydrogen) atoms. The Morgan fingerprint density at radius 2 is 1.73 bits per heavy atom. The fourth-order valence-electron chi connectivity index (χ4n) is 3.21. The molecule has 0 N–H and O–H groups in total. The summed E-state index contributed by atoms with van der Waals surface area (Å²) in [5.74, 6) is 1.50. The van der Waals surface area contributed by atoms with Crippen LogP contribution < -0.4 is 0 Å². The molecule has 142 valence electrons. The van der Waals surface area contributed by atoms with Gasteiger partial charge in [-0.15, -0.1) is 0 Å². The standard InChI is InChI=1S/C18H25BrN4O2S/c1-15(2)18-20-7-8-22(18)12-9-21-10-13-23(14-11-21)26(24,25)17-5-3-16(19)4-6-17/h3-8,15H,9-14H2,1-2H3. The first-order chi connectivity index (χ1) is 12.4. The van der Waals surface area contributed by atoms with Crippen LogP contribution in [0.5, 0.6) is 0 Å². The Morgan fingerprint density at radius 3 is 2.35 bits per heavy atom. The van der Waals surface area contributed by atoms with Crippen molar-refractivity contribution >= 4 is 26.0 Å². The van der Waals surface area contributed by atoms with Gasteiger partial charge in [-0.05, 0) is 24.3 Å². The minimum Gasteiger partial charge on any atom is -0.333 e. The van der Waals surface area contributed by atoms with E-state index in [1.165, 1.54) is 0 Å². The number of aromatic nitrogens is 2. The van der Waals surface area contributed by atoms with Crippen LogP contribution in [0.1, 0.15) is 25.6 Å². The number of rotatable bonds is 6. The van der Waals surface area contributed by atoms with E-state index in [0.29, 0.717) is 23.9 Å². The minimum atomic E-state index is -3.41.